The third-order valence-electron chi connectivity index (χ3n) is 2.84. The molecule has 0 saturated heterocycles. The van der Waals surface area contributed by atoms with E-state index in [-0.39, 0.29) is 11.4 Å². The Morgan fingerprint density at radius 1 is 1.05 bits per heavy atom. The molecule has 0 aliphatic carbocycles. The van der Waals surface area contributed by atoms with E-state index in [2.05, 4.69) is 20.7 Å². The van der Waals surface area contributed by atoms with Gasteiger partial charge in [0.25, 0.3) is 0 Å². The number of hydrogen-bond acceptors (Lipinski definition) is 2. The number of benzene rings is 2. The molecule has 0 unspecified atom stereocenters. The fraction of sp³-hybridized carbons (Fsp3) is 0.143. The zero-order valence-corrected chi connectivity index (χ0v) is 14.7. The smallest absolute Gasteiger partial charge is 0.211 e. The molecule has 0 saturated carbocycles. The van der Waals surface area contributed by atoms with E-state index < -0.39 is 10.0 Å². The highest BCUT2D eigenvalue weighted by Gasteiger charge is 2.14. The zero-order chi connectivity index (χ0) is 15.5. The van der Waals surface area contributed by atoms with Crippen molar-refractivity contribution in [2.24, 2.45) is 0 Å². The summed E-state index contributed by atoms with van der Waals surface area (Å²) in [4.78, 5) is 0.210. The Morgan fingerprint density at radius 2 is 1.67 bits per heavy atom. The van der Waals surface area contributed by atoms with Gasteiger partial charge in [-0.1, -0.05) is 51.3 Å². The highest BCUT2D eigenvalue weighted by Crippen LogP contribution is 2.24. The Hall–Kier alpha value is -0.590. The van der Waals surface area contributed by atoms with Crippen molar-refractivity contribution in [2.45, 2.75) is 11.3 Å². The summed E-state index contributed by atoms with van der Waals surface area (Å²) in [6.45, 7) is 0.221. The maximum Gasteiger partial charge on any atom is 0.240 e. The van der Waals surface area contributed by atoms with Gasteiger partial charge in [0.15, 0.2) is 0 Å². The fourth-order valence-corrected chi connectivity index (χ4v) is 4.01. The average molecular weight is 409 g/mol. The lowest BCUT2D eigenvalue weighted by Crippen LogP contribution is -2.26. The molecule has 0 aliphatic rings. The largest absolute Gasteiger partial charge is 0.240 e. The first-order chi connectivity index (χ1) is 9.90. The van der Waals surface area contributed by atoms with Gasteiger partial charge in [0.05, 0.1) is 4.90 Å². The number of halogens is 3. The predicted molar refractivity (Wildman–Crippen MR) is 89.5 cm³/mol. The molecule has 0 aliphatic heterocycles. The van der Waals surface area contributed by atoms with Gasteiger partial charge in [-0.05, 0) is 42.3 Å². The highest BCUT2D eigenvalue weighted by atomic mass is 79.9. The van der Waals surface area contributed by atoms with Gasteiger partial charge in [0.1, 0.15) is 0 Å². The lowest BCUT2D eigenvalue weighted by Gasteiger charge is -2.09. The van der Waals surface area contributed by atoms with Crippen molar-refractivity contribution in [2.75, 3.05) is 6.54 Å². The standard InChI is InChI=1S/C14H12BrCl2NO2S/c15-10-3-1-4-11(9-10)21(19,20)18-8-7-12-13(16)5-2-6-14(12)17/h1-6,9,18H,7-8H2. The van der Waals surface area contributed by atoms with Crippen LogP contribution in [-0.2, 0) is 16.4 Å². The quantitative estimate of drug-likeness (QED) is 0.802. The van der Waals surface area contributed by atoms with Crippen LogP contribution >= 0.6 is 39.1 Å². The van der Waals surface area contributed by atoms with Gasteiger partial charge in [0.2, 0.25) is 10.0 Å². The van der Waals surface area contributed by atoms with Crippen molar-refractivity contribution in [3.63, 3.8) is 0 Å². The van der Waals surface area contributed by atoms with E-state index in [1.165, 1.54) is 6.07 Å². The van der Waals surface area contributed by atoms with Crippen LogP contribution < -0.4 is 4.72 Å². The van der Waals surface area contributed by atoms with Crippen LogP contribution in [0.25, 0.3) is 0 Å². The Balaban J connectivity index is 2.06. The predicted octanol–water partition coefficient (Wildman–Crippen LogP) is 4.28. The van der Waals surface area contributed by atoms with Crippen LogP contribution in [0.15, 0.2) is 51.8 Å². The summed E-state index contributed by atoms with van der Waals surface area (Å²) in [5.74, 6) is 0. The second-order valence-electron chi connectivity index (χ2n) is 4.31. The van der Waals surface area contributed by atoms with Crippen LogP contribution in [0.1, 0.15) is 5.56 Å². The molecule has 0 fully saturated rings. The third-order valence-corrected chi connectivity index (χ3v) is 5.50. The van der Waals surface area contributed by atoms with Crippen molar-refractivity contribution in [1.29, 1.82) is 0 Å². The van der Waals surface area contributed by atoms with E-state index in [1.807, 2.05) is 0 Å². The fourth-order valence-electron chi connectivity index (χ4n) is 1.80. The summed E-state index contributed by atoms with van der Waals surface area (Å²) in [7, 11) is -3.54. The highest BCUT2D eigenvalue weighted by molar-refractivity contribution is 9.10. The van der Waals surface area contributed by atoms with Crippen LogP contribution in [0.5, 0.6) is 0 Å². The van der Waals surface area contributed by atoms with Gasteiger partial charge in [-0.3, -0.25) is 0 Å². The molecule has 0 atom stereocenters. The minimum Gasteiger partial charge on any atom is -0.211 e. The van der Waals surface area contributed by atoms with Crippen LogP contribution in [0.4, 0.5) is 0 Å². The van der Waals surface area contributed by atoms with Crippen molar-refractivity contribution >= 4 is 49.2 Å². The Kier molecular flexibility index (Phi) is 5.68. The second kappa shape index (κ2) is 7.11. The number of rotatable bonds is 5. The van der Waals surface area contributed by atoms with E-state index in [9.17, 15) is 8.42 Å². The van der Waals surface area contributed by atoms with Crippen molar-refractivity contribution in [3.05, 3.63) is 62.5 Å². The van der Waals surface area contributed by atoms with Gasteiger partial charge < -0.3 is 0 Å². The Bertz CT molecular complexity index is 730. The normalized spacial score (nSPS) is 11.6. The number of sulfonamides is 1. The first kappa shape index (κ1) is 16.8. The first-order valence-electron chi connectivity index (χ1n) is 6.08. The van der Waals surface area contributed by atoms with Gasteiger partial charge in [-0.25, -0.2) is 13.1 Å². The zero-order valence-electron chi connectivity index (χ0n) is 10.8. The van der Waals surface area contributed by atoms with E-state index in [4.69, 9.17) is 23.2 Å². The summed E-state index contributed by atoms with van der Waals surface area (Å²) in [6.07, 6.45) is 0.422. The van der Waals surface area contributed by atoms with Crippen molar-refractivity contribution in [1.82, 2.24) is 4.72 Å². The molecule has 1 N–H and O–H groups in total. The molecule has 7 heteroatoms. The molecule has 0 aromatic heterocycles. The molecule has 2 aromatic carbocycles. The monoisotopic (exact) mass is 407 g/mol. The summed E-state index contributed by atoms with van der Waals surface area (Å²) < 4.78 is 27.5. The SMILES string of the molecule is O=S(=O)(NCCc1c(Cl)cccc1Cl)c1cccc(Br)c1. The van der Waals surface area contributed by atoms with Crippen LogP contribution in [0, 0.1) is 0 Å². The summed E-state index contributed by atoms with van der Waals surface area (Å²) in [6, 6.07) is 11.7. The molecule has 112 valence electrons. The summed E-state index contributed by atoms with van der Waals surface area (Å²) >= 11 is 15.4. The van der Waals surface area contributed by atoms with Crippen LogP contribution in [-0.4, -0.2) is 15.0 Å². The van der Waals surface area contributed by atoms with Gasteiger partial charge in [-0.2, -0.15) is 0 Å². The number of nitrogens with one attached hydrogen (secondary N) is 1. The molecule has 0 amide bonds. The molecule has 2 aromatic rings. The van der Waals surface area contributed by atoms with E-state index in [0.717, 1.165) is 5.56 Å². The molecule has 0 spiro atoms. The molecule has 21 heavy (non-hydrogen) atoms. The lowest BCUT2D eigenvalue weighted by molar-refractivity contribution is 0.581. The molecular weight excluding hydrogens is 397 g/mol. The molecule has 2 rings (SSSR count). The van der Waals surface area contributed by atoms with E-state index >= 15 is 0 Å². The second-order valence-corrected chi connectivity index (χ2v) is 7.80. The van der Waals surface area contributed by atoms with E-state index in [0.29, 0.717) is 20.9 Å². The van der Waals surface area contributed by atoms with Crippen LogP contribution in [0.2, 0.25) is 10.0 Å². The maximum absolute atomic E-state index is 12.1. The molecule has 0 radical (unpaired) electrons. The van der Waals surface area contributed by atoms with Gasteiger partial charge in [0, 0.05) is 21.1 Å². The van der Waals surface area contributed by atoms with Crippen molar-refractivity contribution in [3.8, 4) is 0 Å². The van der Waals surface area contributed by atoms with Gasteiger partial charge >= 0.3 is 0 Å². The molecular formula is C14H12BrCl2NO2S. The topological polar surface area (TPSA) is 46.2 Å². The minimum absolute atomic E-state index is 0.210. The van der Waals surface area contributed by atoms with E-state index in [1.54, 1.807) is 36.4 Å². The Labute approximate surface area is 142 Å². The molecule has 0 bridgehead atoms. The van der Waals surface area contributed by atoms with Crippen molar-refractivity contribution < 1.29 is 8.42 Å². The number of hydrogen-bond donors (Lipinski definition) is 1. The first-order valence-corrected chi connectivity index (χ1v) is 9.11. The minimum atomic E-state index is -3.54. The van der Waals surface area contributed by atoms with Gasteiger partial charge in [-0.15, -0.1) is 0 Å². The average Bonchev–Trinajstić information content (AvgIpc) is 2.42. The summed E-state index contributed by atoms with van der Waals surface area (Å²) in [5.41, 5.74) is 0.734. The maximum atomic E-state index is 12.1. The summed E-state index contributed by atoms with van der Waals surface area (Å²) in [5, 5.41) is 1.06. The molecule has 0 heterocycles. The Morgan fingerprint density at radius 3 is 2.29 bits per heavy atom. The lowest BCUT2D eigenvalue weighted by atomic mass is 10.1. The van der Waals surface area contributed by atoms with Crippen LogP contribution in [0.3, 0.4) is 0 Å². The third kappa shape index (κ3) is 4.44. The molecule has 3 nitrogen and oxygen atoms in total.